The van der Waals surface area contributed by atoms with Gasteiger partial charge in [-0.2, -0.15) is 0 Å². The highest BCUT2D eigenvalue weighted by molar-refractivity contribution is 5.92. The molecule has 0 aromatic heterocycles. The van der Waals surface area contributed by atoms with Gasteiger partial charge in [-0.3, -0.25) is 4.79 Å². The van der Waals surface area contributed by atoms with E-state index in [0.717, 1.165) is 24.5 Å². The first-order chi connectivity index (χ1) is 8.61. The van der Waals surface area contributed by atoms with Gasteiger partial charge in [0.25, 0.3) is 0 Å². The molecule has 2 N–H and O–H groups in total. The van der Waals surface area contributed by atoms with Crippen molar-refractivity contribution >= 4 is 11.6 Å². The monoisotopic (exact) mass is 250 g/mol. The molecule has 0 heterocycles. The van der Waals surface area contributed by atoms with Crippen molar-refractivity contribution in [1.29, 1.82) is 0 Å². The Kier molecular flexibility index (Phi) is 6.22. The molecule has 1 amide bonds. The van der Waals surface area contributed by atoms with E-state index >= 15 is 0 Å². The molecular formula is C14H22N2O2. The summed E-state index contributed by atoms with van der Waals surface area (Å²) < 4.78 is 5.60. The highest BCUT2D eigenvalue weighted by Gasteiger charge is 2.01. The zero-order valence-electron chi connectivity index (χ0n) is 11.3. The Bertz CT molecular complexity index is 361. The van der Waals surface area contributed by atoms with Gasteiger partial charge in [0, 0.05) is 5.69 Å². The van der Waals surface area contributed by atoms with E-state index in [1.807, 2.05) is 24.3 Å². The average molecular weight is 250 g/mol. The number of nitrogens with one attached hydrogen (secondary N) is 2. The first-order valence-electron chi connectivity index (χ1n) is 6.29. The van der Waals surface area contributed by atoms with Crippen molar-refractivity contribution in [1.82, 2.24) is 5.32 Å². The standard InChI is InChI=1S/C14H22N2O2/c1-11(2)8-9-18-13-6-4-12(5-7-13)16-14(17)10-15-3/h4-7,11,15H,8-10H2,1-3H3,(H,16,17). The number of anilines is 1. The van der Waals surface area contributed by atoms with Gasteiger partial charge in [-0.1, -0.05) is 13.8 Å². The number of rotatable bonds is 7. The molecule has 0 saturated heterocycles. The highest BCUT2D eigenvalue weighted by Crippen LogP contribution is 2.16. The Labute approximate surface area is 109 Å². The van der Waals surface area contributed by atoms with E-state index < -0.39 is 0 Å². The van der Waals surface area contributed by atoms with Crippen LogP contribution in [0.2, 0.25) is 0 Å². The van der Waals surface area contributed by atoms with Gasteiger partial charge in [0.05, 0.1) is 13.2 Å². The molecule has 4 heteroatoms. The molecular weight excluding hydrogens is 228 g/mol. The lowest BCUT2D eigenvalue weighted by Crippen LogP contribution is -2.24. The summed E-state index contributed by atoms with van der Waals surface area (Å²) >= 11 is 0. The third kappa shape index (κ3) is 5.68. The van der Waals surface area contributed by atoms with E-state index in [-0.39, 0.29) is 5.91 Å². The van der Waals surface area contributed by atoms with Gasteiger partial charge in [0.15, 0.2) is 0 Å². The maximum atomic E-state index is 11.3. The van der Waals surface area contributed by atoms with Gasteiger partial charge < -0.3 is 15.4 Å². The third-order valence-corrected chi connectivity index (χ3v) is 2.44. The number of likely N-dealkylation sites (N-methyl/N-ethyl adjacent to an activating group) is 1. The van der Waals surface area contributed by atoms with Gasteiger partial charge in [-0.05, 0) is 43.7 Å². The van der Waals surface area contributed by atoms with Crippen LogP contribution < -0.4 is 15.4 Å². The van der Waals surface area contributed by atoms with Gasteiger partial charge in [-0.25, -0.2) is 0 Å². The Morgan fingerprint density at radius 3 is 2.50 bits per heavy atom. The second-order valence-corrected chi connectivity index (χ2v) is 4.63. The molecule has 0 radical (unpaired) electrons. The molecule has 0 bridgehead atoms. The summed E-state index contributed by atoms with van der Waals surface area (Å²) in [5.41, 5.74) is 0.784. The molecule has 0 aliphatic heterocycles. The van der Waals surface area contributed by atoms with Crippen molar-refractivity contribution in [3.63, 3.8) is 0 Å². The molecule has 1 aromatic carbocycles. The Hall–Kier alpha value is -1.55. The average Bonchev–Trinajstić information content (AvgIpc) is 2.31. The summed E-state index contributed by atoms with van der Waals surface area (Å²) in [7, 11) is 1.74. The van der Waals surface area contributed by atoms with Crippen molar-refractivity contribution in [3.8, 4) is 5.75 Å². The van der Waals surface area contributed by atoms with Crippen LogP contribution in [0.25, 0.3) is 0 Å². The molecule has 100 valence electrons. The van der Waals surface area contributed by atoms with Crippen molar-refractivity contribution in [2.75, 3.05) is 25.5 Å². The fraction of sp³-hybridized carbons (Fsp3) is 0.500. The van der Waals surface area contributed by atoms with Crippen LogP contribution in [-0.2, 0) is 4.79 Å². The highest BCUT2D eigenvalue weighted by atomic mass is 16.5. The van der Waals surface area contributed by atoms with Gasteiger partial charge in [0.1, 0.15) is 5.75 Å². The van der Waals surface area contributed by atoms with E-state index in [2.05, 4.69) is 24.5 Å². The van der Waals surface area contributed by atoms with Crippen molar-refractivity contribution in [2.24, 2.45) is 5.92 Å². The number of benzene rings is 1. The maximum absolute atomic E-state index is 11.3. The number of carbonyl (C=O) groups is 1. The SMILES string of the molecule is CNCC(=O)Nc1ccc(OCCC(C)C)cc1. The van der Waals surface area contributed by atoms with Crippen LogP contribution in [0.4, 0.5) is 5.69 Å². The van der Waals surface area contributed by atoms with Crippen LogP contribution in [0.5, 0.6) is 5.75 Å². The van der Waals surface area contributed by atoms with E-state index in [9.17, 15) is 4.79 Å². The summed E-state index contributed by atoms with van der Waals surface area (Å²) in [4.78, 5) is 11.3. The second-order valence-electron chi connectivity index (χ2n) is 4.63. The molecule has 0 fully saturated rings. The molecule has 0 aliphatic carbocycles. The topological polar surface area (TPSA) is 50.4 Å². The fourth-order valence-electron chi connectivity index (χ4n) is 1.41. The first kappa shape index (κ1) is 14.5. The van der Waals surface area contributed by atoms with Gasteiger partial charge in [-0.15, -0.1) is 0 Å². The Balaban J connectivity index is 2.40. The predicted molar refractivity (Wildman–Crippen MR) is 73.9 cm³/mol. The lowest BCUT2D eigenvalue weighted by Gasteiger charge is -2.09. The van der Waals surface area contributed by atoms with E-state index in [1.54, 1.807) is 7.05 Å². The zero-order valence-corrected chi connectivity index (χ0v) is 11.3. The molecule has 0 atom stereocenters. The molecule has 4 nitrogen and oxygen atoms in total. The van der Waals surface area contributed by atoms with Crippen LogP contribution in [0, 0.1) is 5.92 Å². The molecule has 0 unspecified atom stereocenters. The Morgan fingerprint density at radius 1 is 1.28 bits per heavy atom. The number of amides is 1. The largest absolute Gasteiger partial charge is 0.494 e. The Morgan fingerprint density at radius 2 is 1.94 bits per heavy atom. The minimum Gasteiger partial charge on any atom is -0.494 e. The first-order valence-corrected chi connectivity index (χ1v) is 6.29. The summed E-state index contributed by atoms with van der Waals surface area (Å²) in [6.07, 6.45) is 1.04. The quantitative estimate of drug-likeness (QED) is 0.780. The van der Waals surface area contributed by atoms with Crippen LogP contribution in [0.15, 0.2) is 24.3 Å². The number of hydrogen-bond acceptors (Lipinski definition) is 3. The smallest absolute Gasteiger partial charge is 0.238 e. The van der Waals surface area contributed by atoms with Crippen LogP contribution >= 0.6 is 0 Å². The molecule has 1 aromatic rings. The summed E-state index contributed by atoms with van der Waals surface area (Å²) in [5, 5.41) is 5.59. The molecule has 1 rings (SSSR count). The molecule has 18 heavy (non-hydrogen) atoms. The predicted octanol–water partition coefficient (Wildman–Crippen LogP) is 2.27. The maximum Gasteiger partial charge on any atom is 0.238 e. The number of hydrogen-bond donors (Lipinski definition) is 2. The minimum absolute atomic E-state index is 0.0500. The van der Waals surface area contributed by atoms with E-state index in [0.29, 0.717) is 12.5 Å². The second kappa shape index (κ2) is 7.71. The molecule has 0 aliphatic rings. The lowest BCUT2D eigenvalue weighted by molar-refractivity contribution is -0.115. The zero-order chi connectivity index (χ0) is 13.4. The van der Waals surface area contributed by atoms with E-state index in [1.165, 1.54) is 0 Å². The normalized spacial score (nSPS) is 10.4. The van der Waals surface area contributed by atoms with Crippen LogP contribution in [0.1, 0.15) is 20.3 Å². The molecule has 0 saturated carbocycles. The third-order valence-electron chi connectivity index (χ3n) is 2.44. The molecule has 0 spiro atoms. The van der Waals surface area contributed by atoms with Gasteiger partial charge >= 0.3 is 0 Å². The van der Waals surface area contributed by atoms with E-state index in [4.69, 9.17) is 4.74 Å². The van der Waals surface area contributed by atoms with Crippen LogP contribution in [0.3, 0.4) is 0 Å². The lowest BCUT2D eigenvalue weighted by atomic mass is 10.1. The van der Waals surface area contributed by atoms with Gasteiger partial charge in [0.2, 0.25) is 5.91 Å². The number of carbonyl (C=O) groups excluding carboxylic acids is 1. The summed E-state index contributed by atoms with van der Waals surface area (Å²) in [5.74, 6) is 1.43. The van der Waals surface area contributed by atoms with Crippen molar-refractivity contribution in [2.45, 2.75) is 20.3 Å². The number of ether oxygens (including phenoxy) is 1. The van der Waals surface area contributed by atoms with Crippen molar-refractivity contribution in [3.05, 3.63) is 24.3 Å². The van der Waals surface area contributed by atoms with Crippen molar-refractivity contribution < 1.29 is 9.53 Å². The summed E-state index contributed by atoms with van der Waals surface area (Å²) in [6.45, 7) is 5.38. The van der Waals surface area contributed by atoms with Crippen LogP contribution in [-0.4, -0.2) is 26.1 Å². The summed E-state index contributed by atoms with van der Waals surface area (Å²) in [6, 6.07) is 7.43. The fourth-order valence-corrected chi connectivity index (χ4v) is 1.41. The minimum atomic E-state index is -0.0500.